The van der Waals surface area contributed by atoms with Crippen LogP contribution in [-0.2, 0) is 32.9 Å². The average molecular weight is 355 g/mol. The molecule has 1 radical (unpaired) electrons. The second-order valence-corrected chi connectivity index (χ2v) is 3.40. The van der Waals surface area contributed by atoms with Gasteiger partial charge >= 0.3 is 0 Å². The summed E-state index contributed by atoms with van der Waals surface area (Å²) < 4.78 is 0. The molecular formula is C17H22NO4V-3. The van der Waals surface area contributed by atoms with Crippen LogP contribution in [0.15, 0.2) is 36.5 Å². The second kappa shape index (κ2) is 25.0. The van der Waals surface area contributed by atoms with Crippen LogP contribution >= 0.6 is 0 Å². The van der Waals surface area contributed by atoms with Gasteiger partial charge in [-0.1, -0.05) is 36.9 Å². The number of carbonyl (C=O) groups is 1. The Balaban J connectivity index is -0.000000223. The summed E-state index contributed by atoms with van der Waals surface area (Å²) in [5.74, 6) is 1.75. The molecule has 0 spiro atoms. The topological polar surface area (TPSA) is 83.5 Å². The van der Waals surface area contributed by atoms with E-state index in [-0.39, 0.29) is 37.4 Å². The monoisotopic (exact) mass is 355 g/mol. The zero-order valence-electron chi connectivity index (χ0n) is 13.4. The number of aliphatic hydroxyl groups excluding tert-OH is 1. The quantitative estimate of drug-likeness (QED) is 0.225. The number of allylic oxidation sites excluding steroid dienone is 5. The molecule has 0 aliphatic carbocycles. The molecule has 0 fully saturated rings. The normalized spacial score (nSPS) is 10.3. The minimum atomic E-state index is -0.947. The van der Waals surface area contributed by atoms with Crippen molar-refractivity contribution in [3.8, 4) is 12.3 Å². The Labute approximate surface area is 150 Å². The van der Waals surface area contributed by atoms with Gasteiger partial charge in [-0.3, -0.25) is 4.79 Å². The van der Waals surface area contributed by atoms with Crippen LogP contribution in [-0.4, -0.2) is 36.2 Å². The maximum atomic E-state index is 11.6. The van der Waals surface area contributed by atoms with E-state index in [4.69, 9.17) is 5.11 Å². The Morgan fingerprint density at radius 1 is 1.52 bits per heavy atom. The van der Waals surface area contributed by atoms with E-state index in [1.807, 2.05) is 5.92 Å². The first-order valence-electron chi connectivity index (χ1n) is 6.35. The molecule has 0 heterocycles. The van der Waals surface area contributed by atoms with Gasteiger partial charge in [0, 0.05) is 37.2 Å². The van der Waals surface area contributed by atoms with E-state index in [1.165, 1.54) is 12.5 Å². The van der Waals surface area contributed by atoms with E-state index in [0.717, 1.165) is 0 Å². The molecule has 0 aromatic carbocycles. The van der Waals surface area contributed by atoms with Crippen LogP contribution in [0.25, 0.3) is 0 Å². The minimum absolute atomic E-state index is 0. The summed E-state index contributed by atoms with van der Waals surface area (Å²) in [5, 5.41) is 9.65. The van der Waals surface area contributed by atoms with Crippen molar-refractivity contribution in [1.29, 1.82) is 0 Å². The Morgan fingerprint density at radius 3 is 2.30 bits per heavy atom. The van der Waals surface area contributed by atoms with Crippen LogP contribution in [0.2, 0.25) is 0 Å². The Bertz CT molecular complexity index is 423. The van der Waals surface area contributed by atoms with Crippen molar-refractivity contribution < 1.29 is 38.0 Å². The van der Waals surface area contributed by atoms with E-state index in [2.05, 4.69) is 25.2 Å². The summed E-state index contributed by atoms with van der Waals surface area (Å²) in [6.45, 7) is 10.1. The summed E-state index contributed by atoms with van der Waals surface area (Å²) >= 11 is 0. The van der Waals surface area contributed by atoms with Gasteiger partial charge in [0.05, 0.1) is 0 Å². The largest absolute Gasteiger partial charge is 0.549 e. The van der Waals surface area contributed by atoms with Crippen LogP contribution < -0.4 is 5.32 Å². The van der Waals surface area contributed by atoms with Gasteiger partial charge in [0.15, 0.2) is 5.78 Å². The molecule has 0 bridgehead atoms. The van der Waals surface area contributed by atoms with Gasteiger partial charge in [-0.25, -0.2) is 6.29 Å². The number of carbonyl (C=O) groups excluding carboxylic acids is 3. The molecule has 0 aromatic rings. The summed E-state index contributed by atoms with van der Waals surface area (Å²) in [6, 6.07) is -0.947. The van der Waals surface area contributed by atoms with Crippen molar-refractivity contribution in [3.63, 3.8) is 0 Å². The predicted octanol–water partition coefficient (Wildman–Crippen LogP) is 1.22. The summed E-state index contributed by atoms with van der Waals surface area (Å²) in [5.41, 5.74) is 0.452. The van der Waals surface area contributed by atoms with E-state index in [1.54, 1.807) is 38.4 Å². The third kappa shape index (κ3) is 22.4. The first kappa shape index (κ1) is 29.1. The van der Waals surface area contributed by atoms with E-state index >= 15 is 0 Å². The number of ketones is 1. The van der Waals surface area contributed by atoms with Crippen LogP contribution in [0.4, 0.5) is 0 Å². The number of Topliss-reactive ketones (excluding diaryl/α,β-unsaturated/α-hetero) is 1. The Kier molecular flexibility index (Phi) is 31.6. The standard InChI is InChI=1S/C12H13NO3.C3H3.C2H6O.V/c1-3-5-6-10(4-2)12(16)7-11(8-14)13-9-15;1-3-2;1-2-3;/h3-6,11H,1,7H2,2H3,(H,13,15);1H,2H2;3H,2H2,1H3;/q-2;-1;;/b6-5-,10-4+;;;. The first-order valence-corrected chi connectivity index (χ1v) is 6.35. The molecule has 6 heteroatoms. The maximum absolute atomic E-state index is 11.6. The van der Waals surface area contributed by atoms with Crippen molar-refractivity contribution in [2.45, 2.75) is 26.3 Å². The molecule has 127 valence electrons. The number of hydrogen-bond acceptors (Lipinski definition) is 4. The van der Waals surface area contributed by atoms with E-state index < -0.39 is 6.04 Å². The SMILES string of the molecule is C#C[CH2-].C=C/C=C\C(=C/C)C(=O)CC([C-]=O)N[C-]=O.CCO.[V]. The molecule has 1 amide bonds. The first-order chi connectivity index (χ1) is 10.5. The maximum Gasteiger partial charge on any atom is 0.162 e. The van der Waals surface area contributed by atoms with Crippen molar-refractivity contribution in [3.05, 3.63) is 43.4 Å². The summed E-state index contributed by atoms with van der Waals surface area (Å²) in [4.78, 5) is 32.0. The smallest absolute Gasteiger partial charge is 0.162 e. The third-order valence-electron chi connectivity index (χ3n) is 1.81. The fourth-order valence-corrected chi connectivity index (χ4v) is 1.02. The molecular weight excluding hydrogens is 333 g/mol. The molecule has 0 aromatic heterocycles. The van der Waals surface area contributed by atoms with Crippen LogP contribution in [0, 0.1) is 19.3 Å². The number of nitrogens with one attached hydrogen (secondary N) is 1. The van der Waals surface area contributed by atoms with Crippen molar-refractivity contribution in [1.82, 2.24) is 5.32 Å². The van der Waals surface area contributed by atoms with E-state index in [0.29, 0.717) is 5.57 Å². The molecule has 0 aliphatic rings. The average Bonchev–Trinajstić information content (AvgIpc) is 2.49. The van der Waals surface area contributed by atoms with Crippen LogP contribution in [0.1, 0.15) is 20.3 Å². The van der Waals surface area contributed by atoms with Gasteiger partial charge in [0.2, 0.25) is 0 Å². The number of aliphatic hydroxyl groups is 1. The Morgan fingerprint density at radius 2 is 2.00 bits per heavy atom. The van der Waals surface area contributed by atoms with Crippen LogP contribution in [0.3, 0.4) is 0 Å². The van der Waals surface area contributed by atoms with E-state index in [9.17, 15) is 14.4 Å². The fraction of sp³-hybridized carbons (Fsp3) is 0.294. The fourth-order valence-electron chi connectivity index (χ4n) is 1.02. The van der Waals surface area contributed by atoms with Gasteiger partial charge in [-0.05, 0) is 13.8 Å². The molecule has 2 N–H and O–H groups in total. The summed E-state index contributed by atoms with van der Waals surface area (Å²) in [6.07, 6.45) is 13.6. The van der Waals surface area contributed by atoms with Gasteiger partial charge in [0.25, 0.3) is 0 Å². The molecule has 0 saturated heterocycles. The summed E-state index contributed by atoms with van der Waals surface area (Å²) in [7, 11) is 0. The number of amides is 1. The van der Waals surface area contributed by atoms with Gasteiger partial charge in [-0.2, -0.15) is 13.3 Å². The zero-order valence-corrected chi connectivity index (χ0v) is 14.8. The number of terminal acetylenes is 1. The molecule has 0 aliphatic heterocycles. The van der Waals surface area contributed by atoms with Crippen molar-refractivity contribution >= 4 is 18.5 Å². The minimum Gasteiger partial charge on any atom is -0.549 e. The molecule has 0 rings (SSSR count). The zero-order chi connectivity index (χ0) is 17.8. The molecule has 1 atom stereocenters. The van der Waals surface area contributed by atoms with Crippen LogP contribution in [0.5, 0.6) is 0 Å². The predicted molar refractivity (Wildman–Crippen MR) is 88.0 cm³/mol. The van der Waals surface area contributed by atoms with Crippen molar-refractivity contribution in [2.24, 2.45) is 0 Å². The Hall–Kier alpha value is -2.00. The molecule has 1 unspecified atom stereocenters. The number of hydrogen-bond donors (Lipinski definition) is 2. The molecule has 5 nitrogen and oxygen atoms in total. The number of rotatable bonds is 8. The molecule has 23 heavy (non-hydrogen) atoms. The van der Waals surface area contributed by atoms with Crippen molar-refractivity contribution in [2.75, 3.05) is 6.61 Å². The van der Waals surface area contributed by atoms with Gasteiger partial charge < -0.3 is 32.4 Å². The third-order valence-corrected chi connectivity index (χ3v) is 1.81. The van der Waals surface area contributed by atoms with Gasteiger partial charge in [0.1, 0.15) is 0 Å². The second-order valence-electron chi connectivity index (χ2n) is 3.40. The molecule has 0 saturated carbocycles. The van der Waals surface area contributed by atoms with Gasteiger partial charge in [-0.15, -0.1) is 0 Å².